The summed E-state index contributed by atoms with van der Waals surface area (Å²) in [6, 6.07) is 8.45. The fourth-order valence-corrected chi connectivity index (χ4v) is 3.83. The van der Waals surface area contributed by atoms with Gasteiger partial charge in [-0.25, -0.2) is 0 Å². The van der Waals surface area contributed by atoms with Crippen LogP contribution in [0.1, 0.15) is 29.3 Å². The Bertz CT molecular complexity index is 1300. The highest BCUT2D eigenvalue weighted by Gasteiger charge is 2.30. The van der Waals surface area contributed by atoms with E-state index in [1.54, 1.807) is 20.0 Å². The van der Waals surface area contributed by atoms with Crippen molar-refractivity contribution in [1.29, 1.82) is 5.26 Å². The topological polar surface area (TPSA) is 63.1 Å². The lowest BCUT2D eigenvalue weighted by molar-refractivity contribution is -0.137. The number of rotatable bonds is 2. The van der Waals surface area contributed by atoms with Crippen molar-refractivity contribution >= 4 is 5.65 Å². The molecule has 0 N–H and O–H groups in total. The number of nitrogens with zero attached hydrogens (tertiary/aromatic N) is 4. The van der Waals surface area contributed by atoms with Crippen LogP contribution in [0.15, 0.2) is 58.9 Å². The van der Waals surface area contributed by atoms with Gasteiger partial charge < -0.3 is 4.57 Å². The van der Waals surface area contributed by atoms with Crippen molar-refractivity contribution in [2.75, 3.05) is 0 Å². The fraction of sp³-hybridized carbons (Fsp3) is 0.227. The monoisotopic (exact) mass is 410 g/mol. The number of fused-ring (bicyclic) bond motifs is 1. The van der Waals surface area contributed by atoms with E-state index in [9.17, 15) is 18.0 Å². The van der Waals surface area contributed by atoms with Crippen LogP contribution in [0.25, 0.3) is 16.8 Å². The van der Waals surface area contributed by atoms with E-state index in [1.165, 1.54) is 22.7 Å². The van der Waals surface area contributed by atoms with Gasteiger partial charge in [0.1, 0.15) is 5.65 Å². The third-order valence-corrected chi connectivity index (χ3v) is 5.33. The third kappa shape index (κ3) is 3.22. The summed E-state index contributed by atoms with van der Waals surface area (Å²) in [7, 11) is 1.80. The first-order valence-electron chi connectivity index (χ1n) is 9.26. The lowest BCUT2D eigenvalue weighted by Crippen LogP contribution is -2.21. The Hall–Kier alpha value is -3.60. The molecule has 0 saturated heterocycles. The highest BCUT2D eigenvalue weighted by molar-refractivity contribution is 5.80. The van der Waals surface area contributed by atoms with Crippen LogP contribution in [0.3, 0.4) is 0 Å². The smallest absolute Gasteiger partial charge is 0.332 e. The number of aryl methyl sites for hydroxylation is 2. The minimum Gasteiger partial charge on any atom is -0.332 e. The molecule has 1 atom stereocenters. The predicted octanol–water partition coefficient (Wildman–Crippen LogP) is 4.52. The van der Waals surface area contributed by atoms with Gasteiger partial charge in [-0.1, -0.05) is 24.3 Å². The van der Waals surface area contributed by atoms with Crippen molar-refractivity contribution < 1.29 is 13.2 Å². The zero-order valence-electron chi connectivity index (χ0n) is 16.2. The van der Waals surface area contributed by atoms with Gasteiger partial charge in [0.25, 0.3) is 5.56 Å². The van der Waals surface area contributed by atoms with Gasteiger partial charge in [0.05, 0.1) is 17.3 Å². The number of allylic oxidation sites excluding steroid dienone is 4. The standard InChI is InChI=1S/C22H17F3N4O/c1-13-20(16-7-9-17(10-8-16)22(23,24)25)21-28(2)18(11-19(30)29(21)27-13)15-5-3-14(12-26)4-6-15/h3-5,7-11,15H,6H2,1-2H3. The van der Waals surface area contributed by atoms with Crippen LogP contribution in [0, 0.1) is 18.3 Å². The summed E-state index contributed by atoms with van der Waals surface area (Å²) in [4.78, 5) is 12.7. The number of alkyl halides is 3. The van der Waals surface area contributed by atoms with E-state index < -0.39 is 11.7 Å². The number of hydrogen-bond acceptors (Lipinski definition) is 3. The molecule has 0 fully saturated rings. The summed E-state index contributed by atoms with van der Waals surface area (Å²) in [5.74, 6) is -0.0968. The molecule has 0 radical (unpaired) electrons. The molecule has 2 heterocycles. The normalized spacial score (nSPS) is 16.5. The van der Waals surface area contributed by atoms with Crippen LogP contribution in [-0.4, -0.2) is 14.2 Å². The molecule has 1 unspecified atom stereocenters. The third-order valence-electron chi connectivity index (χ3n) is 5.33. The molecule has 4 rings (SSSR count). The zero-order chi connectivity index (χ0) is 21.6. The Morgan fingerprint density at radius 2 is 1.93 bits per heavy atom. The second kappa shape index (κ2) is 7.02. The minimum atomic E-state index is -4.42. The van der Waals surface area contributed by atoms with E-state index >= 15 is 0 Å². The molecule has 0 saturated carbocycles. The second-order valence-corrected chi connectivity index (χ2v) is 7.21. The van der Waals surface area contributed by atoms with Crippen LogP contribution in [0.4, 0.5) is 13.2 Å². The van der Waals surface area contributed by atoms with E-state index in [-0.39, 0.29) is 11.5 Å². The summed E-state index contributed by atoms with van der Waals surface area (Å²) in [5, 5.41) is 13.3. The van der Waals surface area contributed by atoms with E-state index in [0.717, 1.165) is 17.8 Å². The van der Waals surface area contributed by atoms with Gasteiger partial charge in [-0.3, -0.25) is 4.79 Å². The molecule has 0 aliphatic heterocycles. The van der Waals surface area contributed by atoms with Gasteiger partial charge >= 0.3 is 6.18 Å². The number of nitriles is 1. The molecule has 152 valence electrons. The van der Waals surface area contributed by atoms with Gasteiger partial charge in [-0.05, 0) is 37.1 Å². The van der Waals surface area contributed by atoms with Crippen molar-refractivity contribution in [2.45, 2.75) is 25.4 Å². The fourth-order valence-electron chi connectivity index (χ4n) is 3.83. The van der Waals surface area contributed by atoms with Crippen LogP contribution < -0.4 is 5.56 Å². The largest absolute Gasteiger partial charge is 0.416 e. The second-order valence-electron chi connectivity index (χ2n) is 7.21. The Labute approximate surface area is 170 Å². The van der Waals surface area contributed by atoms with Gasteiger partial charge in [0.15, 0.2) is 0 Å². The Morgan fingerprint density at radius 1 is 1.23 bits per heavy atom. The average molecular weight is 410 g/mol. The van der Waals surface area contributed by atoms with Crippen molar-refractivity contribution in [3.8, 4) is 17.2 Å². The highest BCUT2D eigenvalue weighted by Crippen LogP contribution is 2.34. The highest BCUT2D eigenvalue weighted by atomic mass is 19.4. The number of hydrogen-bond donors (Lipinski definition) is 0. The Kier molecular flexibility index (Phi) is 4.61. The molecule has 0 spiro atoms. The van der Waals surface area contributed by atoms with Crippen molar-refractivity contribution in [3.05, 3.63) is 81.4 Å². The van der Waals surface area contributed by atoms with Crippen LogP contribution >= 0.6 is 0 Å². The summed E-state index contributed by atoms with van der Waals surface area (Å²) in [6.07, 6.45) is 1.58. The maximum atomic E-state index is 12.9. The molecule has 1 aliphatic carbocycles. The van der Waals surface area contributed by atoms with E-state index in [0.29, 0.717) is 34.5 Å². The lowest BCUT2D eigenvalue weighted by atomic mass is 9.93. The van der Waals surface area contributed by atoms with Crippen LogP contribution in [0.5, 0.6) is 0 Å². The number of benzene rings is 1. The molecule has 30 heavy (non-hydrogen) atoms. The average Bonchev–Trinajstić information content (AvgIpc) is 3.08. The van der Waals surface area contributed by atoms with Crippen molar-refractivity contribution in [3.63, 3.8) is 0 Å². The van der Waals surface area contributed by atoms with E-state index in [4.69, 9.17) is 5.26 Å². The van der Waals surface area contributed by atoms with Gasteiger partial charge in [-0.2, -0.15) is 28.0 Å². The van der Waals surface area contributed by atoms with Crippen LogP contribution in [0.2, 0.25) is 0 Å². The summed E-state index contributed by atoms with van der Waals surface area (Å²) < 4.78 is 41.9. The maximum absolute atomic E-state index is 12.9. The minimum absolute atomic E-state index is 0.0968. The predicted molar refractivity (Wildman–Crippen MR) is 106 cm³/mol. The molecule has 5 nitrogen and oxygen atoms in total. The van der Waals surface area contributed by atoms with Gasteiger partial charge in [0.2, 0.25) is 0 Å². The molecular weight excluding hydrogens is 393 g/mol. The SMILES string of the molecule is Cc1nn2c(=O)cc(C3C=CC(C#N)=CC3)n(C)c2c1-c1ccc(C(F)(F)F)cc1. The summed E-state index contributed by atoms with van der Waals surface area (Å²) in [6.45, 7) is 1.72. The maximum Gasteiger partial charge on any atom is 0.416 e. The first-order chi connectivity index (χ1) is 14.2. The molecule has 1 aliphatic rings. The molecular formula is C22H17F3N4O. The first kappa shape index (κ1) is 19.7. The Morgan fingerprint density at radius 3 is 2.50 bits per heavy atom. The number of halogens is 3. The zero-order valence-corrected chi connectivity index (χ0v) is 16.2. The summed E-state index contributed by atoms with van der Waals surface area (Å²) in [5.41, 5.74) is 2.48. The van der Waals surface area contributed by atoms with E-state index in [1.807, 2.05) is 16.7 Å². The van der Waals surface area contributed by atoms with Gasteiger partial charge in [-0.15, -0.1) is 0 Å². The number of aromatic nitrogens is 3. The van der Waals surface area contributed by atoms with Crippen molar-refractivity contribution in [2.24, 2.45) is 7.05 Å². The Balaban J connectivity index is 1.88. The van der Waals surface area contributed by atoms with Crippen LogP contribution in [-0.2, 0) is 13.2 Å². The molecule has 8 heteroatoms. The van der Waals surface area contributed by atoms with E-state index in [2.05, 4.69) is 11.2 Å². The molecule has 0 amide bonds. The van der Waals surface area contributed by atoms with Gasteiger partial charge in [0, 0.05) is 35.9 Å². The molecule has 1 aromatic carbocycles. The molecule has 2 aromatic heterocycles. The summed E-state index contributed by atoms with van der Waals surface area (Å²) >= 11 is 0. The quantitative estimate of drug-likeness (QED) is 0.624. The van der Waals surface area contributed by atoms with Crippen molar-refractivity contribution in [1.82, 2.24) is 14.2 Å². The molecule has 3 aromatic rings. The lowest BCUT2D eigenvalue weighted by Gasteiger charge is -2.19. The molecule has 0 bridgehead atoms. The first-order valence-corrected chi connectivity index (χ1v) is 9.26.